The minimum Gasteiger partial charge on any atom is -0.455 e. The van der Waals surface area contributed by atoms with Crippen molar-refractivity contribution in [3.05, 3.63) is 114 Å². The van der Waals surface area contributed by atoms with Gasteiger partial charge in [-0.1, -0.05) is 84.4 Å². The van der Waals surface area contributed by atoms with Crippen molar-refractivity contribution in [2.45, 2.75) is 0 Å². The Hall–Kier alpha value is -5.00. The molecule has 8 aromatic rings. The predicted octanol–water partition coefficient (Wildman–Crippen LogP) is 9.32. The van der Waals surface area contributed by atoms with Crippen molar-refractivity contribution in [2.24, 2.45) is 0 Å². The second-order valence-electron chi connectivity index (χ2n) is 9.38. The summed E-state index contributed by atoms with van der Waals surface area (Å²) in [6.07, 6.45) is 0. The average molecular weight is 524 g/mol. The minimum atomic E-state index is 0.507. The molecule has 0 N–H and O–H groups in total. The summed E-state index contributed by atoms with van der Waals surface area (Å²) < 4.78 is 12.6. The van der Waals surface area contributed by atoms with Crippen LogP contribution in [0.2, 0.25) is 5.02 Å². The van der Waals surface area contributed by atoms with Gasteiger partial charge in [-0.15, -0.1) is 0 Å². The van der Waals surface area contributed by atoms with Crippen LogP contribution in [0.4, 0.5) is 0 Å². The quantitative estimate of drug-likeness (QED) is 0.231. The van der Waals surface area contributed by atoms with Crippen LogP contribution in [0.5, 0.6) is 0 Å². The molecule has 39 heavy (non-hydrogen) atoms. The molecule has 0 saturated carbocycles. The molecule has 0 unspecified atom stereocenters. The monoisotopic (exact) mass is 523 g/mol. The van der Waals surface area contributed by atoms with Gasteiger partial charge < -0.3 is 8.83 Å². The van der Waals surface area contributed by atoms with Crippen LogP contribution in [0.15, 0.2) is 118 Å². The lowest BCUT2D eigenvalue weighted by atomic mass is 10.1. The molecule has 0 atom stereocenters. The number of hydrogen-bond acceptors (Lipinski definition) is 5. The van der Waals surface area contributed by atoms with Gasteiger partial charge in [0.05, 0.1) is 11.1 Å². The van der Waals surface area contributed by atoms with Crippen LogP contribution in [0.25, 0.3) is 78.0 Å². The van der Waals surface area contributed by atoms with Crippen molar-refractivity contribution in [2.75, 3.05) is 0 Å². The van der Waals surface area contributed by atoms with Crippen molar-refractivity contribution in [1.82, 2.24) is 15.0 Å². The predicted molar refractivity (Wildman–Crippen MR) is 156 cm³/mol. The van der Waals surface area contributed by atoms with Gasteiger partial charge in [0.15, 0.2) is 17.5 Å². The van der Waals surface area contributed by atoms with Crippen LogP contribution >= 0.6 is 11.6 Å². The van der Waals surface area contributed by atoms with Crippen LogP contribution in [0.3, 0.4) is 0 Å². The molecule has 5 nitrogen and oxygen atoms in total. The fourth-order valence-electron chi connectivity index (χ4n) is 5.22. The molecule has 0 aliphatic rings. The van der Waals surface area contributed by atoms with E-state index in [2.05, 4.69) is 24.3 Å². The second kappa shape index (κ2) is 8.51. The molecule has 0 aliphatic carbocycles. The summed E-state index contributed by atoms with van der Waals surface area (Å²) in [5.74, 6) is 1.53. The van der Waals surface area contributed by atoms with Crippen LogP contribution in [-0.4, -0.2) is 15.0 Å². The largest absolute Gasteiger partial charge is 0.455 e. The van der Waals surface area contributed by atoms with Gasteiger partial charge >= 0.3 is 0 Å². The van der Waals surface area contributed by atoms with E-state index in [-0.39, 0.29) is 0 Å². The highest BCUT2D eigenvalue weighted by atomic mass is 35.5. The van der Waals surface area contributed by atoms with Gasteiger partial charge in [-0.25, -0.2) is 15.0 Å². The Labute approximate surface area is 227 Å². The number of nitrogens with zero attached hydrogens (tertiary/aromatic N) is 3. The lowest BCUT2D eigenvalue weighted by Gasteiger charge is -2.09. The Morgan fingerprint density at radius 2 is 0.949 bits per heavy atom. The van der Waals surface area contributed by atoms with Gasteiger partial charge in [0.2, 0.25) is 0 Å². The van der Waals surface area contributed by atoms with E-state index in [4.69, 9.17) is 35.4 Å². The van der Waals surface area contributed by atoms with Crippen molar-refractivity contribution in [3.63, 3.8) is 0 Å². The Morgan fingerprint density at radius 3 is 1.51 bits per heavy atom. The highest BCUT2D eigenvalue weighted by Gasteiger charge is 2.20. The summed E-state index contributed by atoms with van der Waals surface area (Å²) in [5.41, 5.74) is 5.46. The maximum atomic E-state index is 6.35. The van der Waals surface area contributed by atoms with Gasteiger partial charge in [0, 0.05) is 32.1 Å². The Kier molecular flexibility index (Phi) is 4.81. The number of fused-ring (bicyclic) bond motifs is 6. The molecular formula is C33H18ClN3O2. The summed E-state index contributed by atoms with van der Waals surface area (Å²) in [5, 5.41) is 4.72. The van der Waals surface area contributed by atoms with Gasteiger partial charge in [0.25, 0.3) is 0 Å². The van der Waals surface area contributed by atoms with Crippen LogP contribution in [0.1, 0.15) is 0 Å². The fourth-order valence-corrected chi connectivity index (χ4v) is 5.41. The molecule has 0 aliphatic heterocycles. The van der Waals surface area contributed by atoms with Gasteiger partial charge in [-0.05, 0) is 36.4 Å². The first-order valence-electron chi connectivity index (χ1n) is 12.6. The third-order valence-electron chi connectivity index (χ3n) is 7.01. The molecule has 0 spiro atoms. The molecule has 3 aromatic heterocycles. The number of furan rings is 2. The van der Waals surface area contributed by atoms with Gasteiger partial charge in [-0.3, -0.25) is 0 Å². The summed E-state index contributed by atoms with van der Waals surface area (Å²) in [6.45, 7) is 0. The third-order valence-corrected chi connectivity index (χ3v) is 7.24. The third kappa shape index (κ3) is 3.51. The molecule has 8 rings (SSSR count). The first-order valence-corrected chi connectivity index (χ1v) is 12.9. The lowest BCUT2D eigenvalue weighted by Crippen LogP contribution is -2.00. The second-order valence-corrected chi connectivity index (χ2v) is 9.81. The normalized spacial score (nSPS) is 11.7. The number of para-hydroxylation sites is 4. The van der Waals surface area contributed by atoms with Crippen molar-refractivity contribution >= 4 is 55.5 Å². The van der Waals surface area contributed by atoms with Crippen molar-refractivity contribution < 1.29 is 8.83 Å². The molecule has 0 amide bonds. The first kappa shape index (κ1) is 22.0. The number of rotatable bonds is 3. The van der Waals surface area contributed by atoms with E-state index in [1.54, 1.807) is 0 Å². The Morgan fingerprint density at radius 1 is 0.462 bits per heavy atom. The van der Waals surface area contributed by atoms with E-state index in [9.17, 15) is 0 Å². The van der Waals surface area contributed by atoms with E-state index in [1.807, 2.05) is 84.9 Å². The average Bonchev–Trinajstić information content (AvgIpc) is 3.55. The van der Waals surface area contributed by atoms with Crippen LogP contribution in [-0.2, 0) is 0 Å². The standard InChI is InChI=1S/C33H18ClN3O2/c34-20-9-5-8-19(18-20)31-35-32(25-14-6-12-23-21-10-1-3-16-27(21)38-29(23)25)37-33(36-31)26-15-7-13-24-22-11-2-4-17-28(22)39-30(24)26/h1-18H. The minimum absolute atomic E-state index is 0.507. The van der Waals surface area contributed by atoms with Crippen molar-refractivity contribution in [3.8, 4) is 34.2 Å². The Balaban J connectivity index is 1.43. The smallest absolute Gasteiger partial charge is 0.167 e. The number of hydrogen-bond donors (Lipinski definition) is 0. The highest BCUT2D eigenvalue weighted by Crippen LogP contribution is 2.38. The molecule has 3 heterocycles. The topological polar surface area (TPSA) is 65.0 Å². The van der Waals surface area contributed by atoms with E-state index in [0.29, 0.717) is 22.5 Å². The zero-order valence-corrected chi connectivity index (χ0v) is 21.2. The molecule has 0 saturated heterocycles. The van der Waals surface area contributed by atoms with E-state index >= 15 is 0 Å². The summed E-state index contributed by atoms with van der Waals surface area (Å²) in [6, 6.07) is 35.6. The molecule has 5 aromatic carbocycles. The molecule has 0 radical (unpaired) electrons. The zero-order valence-electron chi connectivity index (χ0n) is 20.4. The van der Waals surface area contributed by atoms with Crippen LogP contribution in [0, 0.1) is 0 Å². The van der Waals surface area contributed by atoms with E-state index in [0.717, 1.165) is 60.6 Å². The number of benzene rings is 5. The SMILES string of the molecule is Clc1cccc(-c2nc(-c3cccc4c3oc3ccccc34)nc(-c3cccc4c3oc3ccccc34)n2)c1. The Bertz CT molecular complexity index is 2080. The molecule has 6 heteroatoms. The number of aromatic nitrogens is 3. The fraction of sp³-hybridized carbons (Fsp3) is 0. The summed E-state index contributed by atoms with van der Waals surface area (Å²) in [4.78, 5) is 14.8. The molecule has 0 bridgehead atoms. The number of halogens is 1. The molecule has 0 fully saturated rings. The zero-order chi connectivity index (χ0) is 25.9. The highest BCUT2D eigenvalue weighted by molar-refractivity contribution is 6.30. The lowest BCUT2D eigenvalue weighted by molar-refractivity contribution is 0.669. The van der Waals surface area contributed by atoms with Gasteiger partial charge in [-0.2, -0.15) is 0 Å². The van der Waals surface area contributed by atoms with Crippen LogP contribution < -0.4 is 0 Å². The summed E-state index contributed by atoms with van der Waals surface area (Å²) >= 11 is 6.35. The maximum Gasteiger partial charge on any atom is 0.167 e. The molecule has 184 valence electrons. The first-order chi connectivity index (χ1) is 19.2. The maximum absolute atomic E-state index is 6.35. The van der Waals surface area contributed by atoms with Crippen molar-refractivity contribution in [1.29, 1.82) is 0 Å². The van der Waals surface area contributed by atoms with E-state index in [1.165, 1.54) is 0 Å². The molecular weight excluding hydrogens is 506 g/mol. The van der Waals surface area contributed by atoms with Gasteiger partial charge in [0.1, 0.15) is 22.3 Å². The summed E-state index contributed by atoms with van der Waals surface area (Å²) in [7, 11) is 0. The van der Waals surface area contributed by atoms with E-state index < -0.39 is 0 Å².